The van der Waals surface area contributed by atoms with Crippen molar-refractivity contribution in [3.63, 3.8) is 0 Å². The minimum atomic E-state index is -3.59. The third-order valence-corrected chi connectivity index (χ3v) is 5.12. The lowest BCUT2D eigenvalue weighted by Crippen LogP contribution is -2.16. The molecule has 130 valence electrons. The van der Waals surface area contributed by atoms with E-state index in [4.69, 9.17) is 23.2 Å². The van der Waals surface area contributed by atoms with Crippen molar-refractivity contribution >= 4 is 39.2 Å². The molecule has 1 N–H and O–H groups in total. The first-order chi connectivity index (χ1) is 11.9. The number of anilines is 1. The van der Waals surface area contributed by atoms with Crippen LogP contribution in [0.5, 0.6) is 0 Å². The van der Waals surface area contributed by atoms with Crippen molar-refractivity contribution in [1.82, 2.24) is 14.8 Å². The SMILES string of the molecule is O=S(=O)(Cc1ccccc1)Nc1ncn(Cc2ccc(Cl)cc2Cl)n1. The summed E-state index contributed by atoms with van der Waals surface area (Å²) in [6, 6.07) is 14.0. The van der Waals surface area contributed by atoms with Gasteiger partial charge in [-0.05, 0) is 23.3 Å². The van der Waals surface area contributed by atoms with E-state index in [1.54, 1.807) is 42.5 Å². The second-order valence-corrected chi connectivity index (χ2v) is 7.91. The van der Waals surface area contributed by atoms with Gasteiger partial charge in [-0.3, -0.25) is 0 Å². The molecule has 0 atom stereocenters. The molecule has 9 heteroatoms. The molecular formula is C16H14Cl2N4O2S. The smallest absolute Gasteiger partial charge is 0.250 e. The maximum absolute atomic E-state index is 12.2. The van der Waals surface area contributed by atoms with Gasteiger partial charge in [0.25, 0.3) is 5.95 Å². The lowest BCUT2D eigenvalue weighted by molar-refractivity contribution is 0.599. The van der Waals surface area contributed by atoms with Crippen molar-refractivity contribution in [1.29, 1.82) is 0 Å². The quantitative estimate of drug-likeness (QED) is 0.690. The molecule has 0 saturated carbocycles. The van der Waals surface area contributed by atoms with E-state index in [2.05, 4.69) is 14.8 Å². The Morgan fingerprint density at radius 3 is 2.56 bits per heavy atom. The van der Waals surface area contributed by atoms with E-state index in [1.807, 2.05) is 6.07 Å². The third-order valence-electron chi connectivity index (χ3n) is 3.33. The van der Waals surface area contributed by atoms with Crippen LogP contribution in [0.15, 0.2) is 54.9 Å². The van der Waals surface area contributed by atoms with Gasteiger partial charge in [0.2, 0.25) is 10.0 Å². The predicted octanol–water partition coefficient (Wildman–Crippen LogP) is 3.58. The van der Waals surface area contributed by atoms with Crippen molar-refractivity contribution in [3.8, 4) is 0 Å². The normalized spacial score (nSPS) is 11.4. The van der Waals surface area contributed by atoms with Gasteiger partial charge in [-0.25, -0.2) is 17.8 Å². The second-order valence-electron chi connectivity index (χ2n) is 5.35. The maximum atomic E-state index is 12.2. The molecule has 0 saturated heterocycles. The largest absolute Gasteiger partial charge is 0.255 e. The first-order valence-corrected chi connectivity index (χ1v) is 9.70. The lowest BCUT2D eigenvalue weighted by Gasteiger charge is -2.05. The summed E-state index contributed by atoms with van der Waals surface area (Å²) in [6.45, 7) is 0.351. The Hall–Kier alpha value is -2.09. The first-order valence-electron chi connectivity index (χ1n) is 7.29. The Morgan fingerprint density at radius 2 is 1.84 bits per heavy atom. The van der Waals surface area contributed by atoms with Gasteiger partial charge in [-0.1, -0.05) is 59.6 Å². The lowest BCUT2D eigenvalue weighted by atomic mass is 10.2. The fraction of sp³-hybridized carbons (Fsp3) is 0.125. The fourth-order valence-corrected chi connectivity index (χ4v) is 3.75. The standard InChI is InChI=1S/C16H14Cl2N4O2S/c17-14-7-6-13(15(18)8-14)9-22-11-19-16(20-22)21-25(23,24)10-12-4-2-1-3-5-12/h1-8,11H,9-10H2,(H,20,21). The van der Waals surface area contributed by atoms with Gasteiger partial charge < -0.3 is 0 Å². The van der Waals surface area contributed by atoms with E-state index in [0.29, 0.717) is 22.2 Å². The molecule has 6 nitrogen and oxygen atoms in total. The molecule has 3 rings (SSSR count). The van der Waals surface area contributed by atoms with Crippen LogP contribution in [0.25, 0.3) is 0 Å². The van der Waals surface area contributed by atoms with Crippen LogP contribution in [0.2, 0.25) is 10.0 Å². The van der Waals surface area contributed by atoms with Crippen molar-refractivity contribution in [3.05, 3.63) is 76.0 Å². The molecule has 0 aliphatic rings. The van der Waals surface area contributed by atoms with Gasteiger partial charge in [0.05, 0.1) is 12.3 Å². The molecule has 0 spiro atoms. The van der Waals surface area contributed by atoms with E-state index in [1.165, 1.54) is 11.0 Å². The summed E-state index contributed by atoms with van der Waals surface area (Å²) in [5, 5.41) is 5.17. The topological polar surface area (TPSA) is 76.9 Å². The third kappa shape index (κ3) is 4.94. The predicted molar refractivity (Wildman–Crippen MR) is 98.3 cm³/mol. The number of halogens is 2. The number of aromatic nitrogens is 3. The number of sulfonamides is 1. The number of hydrogen-bond donors (Lipinski definition) is 1. The van der Waals surface area contributed by atoms with Crippen molar-refractivity contribution in [2.24, 2.45) is 0 Å². The molecule has 3 aromatic rings. The van der Waals surface area contributed by atoms with Gasteiger partial charge in [0.1, 0.15) is 6.33 Å². The molecule has 0 unspecified atom stereocenters. The minimum Gasteiger partial charge on any atom is -0.250 e. The maximum Gasteiger partial charge on any atom is 0.255 e. The van der Waals surface area contributed by atoms with E-state index in [9.17, 15) is 8.42 Å². The highest BCUT2D eigenvalue weighted by atomic mass is 35.5. The van der Waals surface area contributed by atoms with Crippen molar-refractivity contribution in [2.45, 2.75) is 12.3 Å². The fourth-order valence-electron chi connectivity index (χ4n) is 2.21. The molecule has 0 bridgehead atoms. The van der Waals surface area contributed by atoms with Crippen molar-refractivity contribution < 1.29 is 8.42 Å². The van der Waals surface area contributed by atoms with Crippen LogP contribution in [0.4, 0.5) is 5.95 Å². The number of hydrogen-bond acceptors (Lipinski definition) is 4. The molecule has 0 amide bonds. The van der Waals surface area contributed by atoms with Crippen LogP contribution in [0.1, 0.15) is 11.1 Å². The zero-order chi connectivity index (χ0) is 17.9. The molecule has 0 aliphatic heterocycles. The highest BCUT2D eigenvalue weighted by Gasteiger charge is 2.14. The average Bonchev–Trinajstić information content (AvgIpc) is 2.97. The van der Waals surface area contributed by atoms with Gasteiger partial charge in [-0.15, -0.1) is 5.10 Å². The number of rotatable bonds is 6. The first kappa shape index (κ1) is 17.7. The Bertz CT molecular complexity index is 975. The zero-order valence-corrected chi connectivity index (χ0v) is 15.3. The average molecular weight is 397 g/mol. The van der Waals surface area contributed by atoms with Crippen LogP contribution in [0.3, 0.4) is 0 Å². The van der Waals surface area contributed by atoms with E-state index >= 15 is 0 Å². The van der Waals surface area contributed by atoms with Crippen molar-refractivity contribution in [2.75, 3.05) is 4.72 Å². The molecule has 0 radical (unpaired) electrons. The molecule has 2 aromatic carbocycles. The summed E-state index contributed by atoms with van der Waals surface area (Å²) in [4.78, 5) is 3.98. The summed E-state index contributed by atoms with van der Waals surface area (Å²) in [5.41, 5.74) is 1.48. The number of nitrogens with zero attached hydrogens (tertiary/aromatic N) is 3. The van der Waals surface area contributed by atoms with E-state index in [0.717, 1.165) is 5.56 Å². The summed E-state index contributed by atoms with van der Waals surface area (Å²) in [7, 11) is -3.59. The zero-order valence-electron chi connectivity index (χ0n) is 12.9. The summed E-state index contributed by atoms with van der Waals surface area (Å²) >= 11 is 12.0. The summed E-state index contributed by atoms with van der Waals surface area (Å²) < 4.78 is 28.3. The summed E-state index contributed by atoms with van der Waals surface area (Å²) in [5.74, 6) is -0.133. The number of benzene rings is 2. The van der Waals surface area contributed by atoms with E-state index < -0.39 is 10.0 Å². The monoisotopic (exact) mass is 396 g/mol. The molecule has 25 heavy (non-hydrogen) atoms. The summed E-state index contributed by atoms with van der Waals surface area (Å²) in [6.07, 6.45) is 1.44. The Kier molecular flexibility index (Phi) is 5.27. The Balaban J connectivity index is 1.69. The minimum absolute atomic E-state index is 0.0148. The highest BCUT2D eigenvalue weighted by molar-refractivity contribution is 7.91. The van der Waals surface area contributed by atoms with Crippen LogP contribution < -0.4 is 4.72 Å². The molecule has 0 aliphatic carbocycles. The van der Waals surface area contributed by atoms with Crippen LogP contribution in [-0.4, -0.2) is 23.2 Å². The molecule has 0 fully saturated rings. The second kappa shape index (κ2) is 7.43. The van der Waals surface area contributed by atoms with Gasteiger partial charge in [0.15, 0.2) is 0 Å². The molecular weight excluding hydrogens is 383 g/mol. The van der Waals surface area contributed by atoms with Gasteiger partial charge in [0, 0.05) is 10.0 Å². The Labute approximate surface area is 155 Å². The molecule has 1 aromatic heterocycles. The van der Waals surface area contributed by atoms with Crippen LogP contribution in [-0.2, 0) is 22.3 Å². The van der Waals surface area contributed by atoms with E-state index in [-0.39, 0.29) is 11.7 Å². The van der Waals surface area contributed by atoms with Gasteiger partial charge in [-0.2, -0.15) is 4.98 Å². The van der Waals surface area contributed by atoms with Gasteiger partial charge >= 0.3 is 0 Å². The number of nitrogens with one attached hydrogen (secondary N) is 1. The highest BCUT2D eigenvalue weighted by Crippen LogP contribution is 2.21. The van der Waals surface area contributed by atoms with Crippen LogP contribution >= 0.6 is 23.2 Å². The Morgan fingerprint density at radius 1 is 1.08 bits per heavy atom. The molecule has 1 heterocycles. The van der Waals surface area contributed by atoms with Crippen LogP contribution in [0, 0.1) is 0 Å².